The normalized spacial score (nSPS) is 24.2. The van der Waals surface area contributed by atoms with Gasteiger partial charge in [-0.1, -0.05) is 0 Å². The summed E-state index contributed by atoms with van der Waals surface area (Å²) >= 11 is 0. The molecule has 2 atom stereocenters. The molecular formula is C17H22N4O2. The van der Waals surface area contributed by atoms with Crippen molar-refractivity contribution in [3.63, 3.8) is 0 Å². The van der Waals surface area contributed by atoms with E-state index in [0.29, 0.717) is 5.75 Å². The van der Waals surface area contributed by atoms with Crippen molar-refractivity contribution in [2.75, 3.05) is 52.3 Å². The number of rotatable bonds is 3. The molecule has 23 heavy (non-hydrogen) atoms. The Bertz CT molecular complexity index is 722. The van der Waals surface area contributed by atoms with Gasteiger partial charge in [0.1, 0.15) is 12.1 Å². The molecule has 0 aliphatic carbocycles. The first-order valence-corrected chi connectivity index (χ1v) is 8.00. The van der Waals surface area contributed by atoms with Gasteiger partial charge in [0.05, 0.1) is 19.7 Å². The van der Waals surface area contributed by atoms with E-state index in [4.69, 9.17) is 9.47 Å². The zero-order chi connectivity index (χ0) is 16.0. The molecule has 6 nitrogen and oxygen atoms in total. The minimum absolute atomic E-state index is 0.699. The van der Waals surface area contributed by atoms with Crippen molar-refractivity contribution in [2.45, 2.75) is 0 Å². The minimum atomic E-state index is 0.699. The van der Waals surface area contributed by atoms with Crippen molar-refractivity contribution in [3.8, 4) is 11.5 Å². The Morgan fingerprint density at radius 3 is 2.26 bits per heavy atom. The lowest BCUT2D eigenvalue weighted by molar-refractivity contribution is 0.356. The van der Waals surface area contributed by atoms with Crippen molar-refractivity contribution in [1.29, 1.82) is 0 Å². The maximum absolute atomic E-state index is 5.44. The van der Waals surface area contributed by atoms with Crippen LogP contribution in [0.3, 0.4) is 0 Å². The predicted octanol–water partition coefficient (Wildman–Crippen LogP) is 1.64. The molecule has 2 aromatic rings. The number of ether oxygens (including phenoxy) is 2. The Morgan fingerprint density at radius 1 is 0.957 bits per heavy atom. The second-order valence-electron chi connectivity index (χ2n) is 6.57. The van der Waals surface area contributed by atoms with Crippen LogP contribution >= 0.6 is 0 Å². The van der Waals surface area contributed by atoms with Crippen molar-refractivity contribution >= 4 is 16.7 Å². The Balaban J connectivity index is 1.73. The molecule has 2 unspecified atom stereocenters. The lowest BCUT2D eigenvalue weighted by Gasteiger charge is -2.22. The average Bonchev–Trinajstić information content (AvgIpc) is 3.10. The molecule has 0 bridgehead atoms. The number of benzene rings is 1. The van der Waals surface area contributed by atoms with Crippen LogP contribution in [0.15, 0.2) is 18.5 Å². The van der Waals surface area contributed by atoms with Crippen molar-refractivity contribution in [2.24, 2.45) is 11.8 Å². The van der Waals surface area contributed by atoms with Crippen molar-refractivity contribution in [3.05, 3.63) is 18.5 Å². The molecule has 2 saturated heterocycles. The van der Waals surface area contributed by atoms with E-state index in [1.165, 1.54) is 13.1 Å². The summed E-state index contributed by atoms with van der Waals surface area (Å²) in [6.45, 7) is 4.49. The number of hydrogen-bond donors (Lipinski definition) is 0. The molecule has 0 saturated carbocycles. The third kappa shape index (κ3) is 2.37. The van der Waals surface area contributed by atoms with E-state index >= 15 is 0 Å². The van der Waals surface area contributed by atoms with Crippen LogP contribution in [0.25, 0.3) is 10.9 Å². The van der Waals surface area contributed by atoms with Gasteiger partial charge in [-0.25, -0.2) is 9.97 Å². The molecular weight excluding hydrogens is 292 g/mol. The molecule has 122 valence electrons. The van der Waals surface area contributed by atoms with E-state index in [1.807, 2.05) is 12.1 Å². The fourth-order valence-electron chi connectivity index (χ4n) is 4.02. The number of hydrogen-bond acceptors (Lipinski definition) is 6. The van der Waals surface area contributed by atoms with Gasteiger partial charge in [0.25, 0.3) is 0 Å². The monoisotopic (exact) mass is 314 g/mol. The van der Waals surface area contributed by atoms with Gasteiger partial charge >= 0.3 is 0 Å². The van der Waals surface area contributed by atoms with E-state index in [1.54, 1.807) is 20.5 Å². The number of aromatic nitrogens is 2. The molecule has 6 heteroatoms. The second kappa shape index (κ2) is 5.53. The van der Waals surface area contributed by atoms with Crippen LogP contribution in [-0.2, 0) is 0 Å². The molecule has 2 fully saturated rings. The van der Waals surface area contributed by atoms with Crippen LogP contribution in [-0.4, -0.2) is 62.3 Å². The summed E-state index contributed by atoms with van der Waals surface area (Å²) in [6, 6.07) is 3.91. The van der Waals surface area contributed by atoms with Crippen molar-refractivity contribution < 1.29 is 9.47 Å². The van der Waals surface area contributed by atoms with E-state index in [2.05, 4.69) is 26.8 Å². The quantitative estimate of drug-likeness (QED) is 0.858. The van der Waals surface area contributed by atoms with Gasteiger partial charge in [-0.05, 0) is 24.9 Å². The first kappa shape index (κ1) is 14.5. The highest BCUT2D eigenvalue weighted by Crippen LogP contribution is 2.38. The summed E-state index contributed by atoms with van der Waals surface area (Å²) in [4.78, 5) is 13.8. The van der Waals surface area contributed by atoms with Gasteiger partial charge in [-0.2, -0.15) is 0 Å². The molecule has 0 radical (unpaired) electrons. The maximum atomic E-state index is 5.44. The van der Waals surface area contributed by atoms with Crippen molar-refractivity contribution in [1.82, 2.24) is 14.9 Å². The van der Waals surface area contributed by atoms with Crippen LogP contribution in [0.1, 0.15) is 0 Å². The standard InChI is InChI=1S/C17H22N4O2/c1-20-6-11-8-21(9-12(11)7-20)17-13-4-15(22-2)16(23-3)5-14(13)18-10-19-17/h4-5,10-12H,6-9H2,1-3H3. The summed E-state index contributed by atoms with van der Waals surface area (Å²) in [5, 5.41) is 1.03. The Hall–Kier alpha value is -2.08. The van der Waals surface area contributed by atoms with Crippen LogP contribution in [0.2, 0.25) is 0 Å². The summed E-state index contributed by atoms with van der Waals surface area (Å²) in [5.41, 5.74) is 0.891. The summed E-state index contributed by atoms with van der Waals surface area (Å²) in [7, 11) is 5.51. The lowest BCUT2D eigenvalue weighted by atomic mass is 10.0. The Labute approximate surface area is 136 Å². The molecule has 2 aliphatic heterocycles. The highest BCUT2D eigenvalue weighted by molar-refractivity contribution is 5.92. The minimum Gasteiger partial charge on any atom is -0.493 e. The van der Waals surface area contributed by atoms with Gasteiger partial charge in [-0.3, -0.25) is 0 Å². The van der Waals surface area contributed by atoms with Crippen LogP contribution in [0.5, 0.6) is 11.5 Å². The molecule has 3 heterocycles. The first-order chi connectivity index (χ1) is 11.2. The van der Waals surface area contributed by atoms with Crippen LogP contribution in [0, 0.1) is 11.8 Å². The Morgan fingerprint density at radius 2 is 1.61 bits per heavy atom. The van der Waals surface area contributed by atoms with E-state index in [-0.39, 0.29) is 0 Å². The van der Waals surface area contributed by atoms with E-state index < -0.39 is 0 Å². The molecule has 1 aromatic carbocycles. The Kier molecular flexibility index (Phi) is 3.49. The summed E-state index contributed by atoms with van der Waals surface area (Å²) in [5.74, 6) is 3.91. The smallest absolute Gasteiger partial charge is 0.162 e. The van der Waals surface area contributed by atoms with Gasteiger partial charge in [0.2, 0.25) is 0 Å². The lowest BCUT2D eigenvalue weighted by Crippen LogP contribution is -2.27. The molecule has 4 rings (SSSR count). The number of fused-ring (bicyclic) bond motifs is 2. The third-order valence-corrected chi connectivity index (χ3v) is 5.09. The molecule has 0 amide bonds. The van der Waals surface area contributed by atoms with E-state index in [0.717, 1.165) is 47.4 Å². The second-order valence-corrected chi connectivity index (χ2v) is 6.57. The number of anilines is 1. The average molecular weight is 314 g/mol. The topological polar surface area (TPSA) is 50.7 Å². The number of nitrogens with zero attached hydrogens (tertiary/aromatic N) is 4. The van der Waals surface area contributed by atoms with E-state index in [9.17, 15) is 0 Å². The summed E-state index contributed by atoms with van der Waals surface area (Å²) in [6.07, 6.45) is 1.64. The molecule has 1 aromatic heterocycles. The highest BCUT2D eigenvalue weighted by atomic mass is 16.5. The fourth-order valence-corrected chi connectivity index (χ4v) is 4.02. The third-order valence-electron chi connectivity index (χ3n) is 5.09. The fraction of sp³-hybridized carbons (Fsp3) is 0.529. The SMILES string of the molecule is COc1cc2ncnc(N3CC4CN(C)CC4C3)c2cc1OC. The zero-order valence-corrected chi connectivity index (χ0v) is 13.8. The largest absolute Gasteiger partial charge is 0.493 e. The zero-order valence-electron chi connectivity index (χ0n) is 13.8. The van der Waals surface area contributed by atoms with Gasteiger partial charge in [0.15, 0.2) is 11.5 Å². The number of methoxy groups -OCH3 is 2. The van der Waals surface area contributed by atoms with Gasteiger partial charge < -0.3 is 19.3 Å². The summed E-state index contributed by atoms with van der Waals surface area (Å²) < 4.78 is 10.8. The first-order valence-electron chi connectivity index (χ1n) is 8.00. The maximum Gasteiger partial charge on any atom is 0.162 e. The van der Waals surface area contributed by atoms with Crippen LogP contribution < -0.4 is 14.4 Å². The highest BCUT2D eigenvalue weighted by Gasteiger charge is 2.39. The predicted molar refractivity (Wildman–Crippen MR) is 89.3 cm³/mol. The number of likely N-dealkylation sites (tertiary alicyclic amines) is 1. The molecule has 0 spiro atoms. The molecule has 2 aliphatic rings. The van der Waals surface area contributed by atoms with Gasteiger partial charge in [-0.15, -0.1) is 0 Å². The van der Waals surface area contributed by atoms with Gasteiger partial charge in [0, 0.05) is 37.6 Å². The molecule has 0 N–H and O–H groups in total. The van der Waals surface area contributed by atoms with Crippen LogP contribution in [0.4, 0.5) is 5.82 Å².